The van der Waals surface area contributed by atoms with Crippen LogP contribution in [0.3, 0.4) is 0 Å². The molecule has 1 heterocycles. The van der Waals surface area contributed by atoms with E-state index >= 15 is 0 Å². The molecule has 118 valence electrons. The van der Waals surface area contributed by atoms with E-state index in [0.717, 1.165) is 17.0 Å². The second-order valence-electron chi connectivity index (χ2n) is 4.26. The first kappa shape index (κ1) is 18.0. The minimum atomic E-state index is 0. The molecule has 0 bridgehead atoms. The predicted molar refractivity (Wildman–Crippen MR) is 98.1 cm³/mol. The van der Waals surface area contributed by atoms with Crippen molar-refractivity contribution in [2.45, 2.75) is 6.54 Å². The lowest BCUT2D eigenvalue weighted by atomic mass is 10.3. The quantitative estimate of drug-likeness (QED) is 0.447. The fraction of sp³-hybridized carbons (Fsp3) is 0.200. The minimum Gasteiger partial charge on any atom is -0.497 e. The lowest BCUT2D eigenvalue weighted by Gasteiger charge is -2.06. The van der Waals surface area contributed by atoms with Gasteiger partial charge in [0.15, 0.2) is 5.96 Å². The van der Waals surface area contributed by atoms with Crippen LogP contribution in [0.2, 0.25) is 0 Å². The number of ether oxygens (including phenoxy) is 2. The number of methoxy groups -OCH3 is 2. The van der Waals surface area contributed by atoms with Gasteiger partial charge in [-0.15, -0.1) is 24.0 Å². The zero-order valence-electron chi connectivity index (χ0n) is 12.4. The SMILES string of the molecule is COc1ccc(NC(N)=NCc2ccc(OC)nc2)cc1.I. The van der Waals surface area contributed by atoms with Crippen LogP contribution in [0.15, 0.2) is 47.6 Å². The number of benzene rings is 1. The summed E-state index contributed by atoms with van der Waals surface area (Å²) in [5.74, 6) is 1.71. The number of anilines is 1. The van der Waals surface area contributed by atoms with Crippen molar-refractivity contribution < 1.29 is 9.47 Å². The third kappa shape index (κ3) is 5.40. The van der Waals surface area contributed by atoms with Gasteiger partial charge in [0.1, 0.15) is 5.75 Å². The van der Waals surface area contributed by atoms with Crippen LogP contribution in [0.5, 0.6) is 11.6 Å². The van der Waals surface area contributed by atoms with Gasteiger partial charge in [0.2, 0.25) is 5.88 Å². The smallest absolute Gasteiger partial charge is 0.212 e. The Morgan fingerprint density at radius 1 is 1.14 bits per heavy atom. The second kappa shape index (κ2) is 9.08. The van der Waals surface area contributed by atoms with Crippen LogP contribution in [0.25, 0.3) is 0 Å². The van der Waals surface area contributed by atoms with E-state index in [9.17, 15) is 0 Å². The molecule has 0 saturated heterocycles. The van der Waals surface area contributed by atoms with Crippen molar-refractivity contribution in [3.63, 3.8) is 0 Å². The molecule has 0 aliphatic rings. The molecule has 0 spiro atoms. The average Bonchev–Trinajstić information content (AvgIpc) is 2.54. The molecule has 0 unspecified atom stereocenters. The van der Waals surface area contributed by atoms with Gasteiger partial charge < -0.3 is 20.5 Å². The third-order valence-electron chi connectivity index (χ3n) is 2.80. The minimum absolute atomic E-state index is 0. The van der Waals surface area contributed by atoms with Crippen molar-refractivity contribution in [3.8, 4) is 11.6 Å². The van der Waals surface area contributed by atoms with E-state index in [2.05, 4.69) is 15.3 Å². The summed E-state index contributed by atoms with van der Waals surface area (Å²) in [6.07, 6.45) is 1.71. The standard InChI is InChI=1S/C15H18N4O2.HI/c1-20-13-6-4-12(5-7-13)19-15(16)18-10-11-3-8-14(21-2)17-9-11;/h3-9H,10H2,1-2H3,(H3,16,18,19);1H. The highest BCUT2D eigenvalue weighted by Crippen LogP contribution is 2.14. The molecular formula is C15H19IN4O2. The molecule has 2 aromatic rings. The third-order valence-corrected chi connectivity index (χ3v) is 2.80. The van der Waals surface area contributed by atoms with Crippen LogP contribution < -0.4 is 20.5 Å². The van der Waals surface area contributed by atoms with Crippen molar-refractivity contribution in [1.29, 1.82) is 0 Å². The number of aromatic nitrogens is 1. The maximum atomic E-state index is 5.84. The first-order chi connectivity index (χ1) is 10.2. The normalized spacial score (nSPS) is 10.5. The monoisotopic (exact) mass is 414 g/mol. The van der Waals surface area contributed by atoms with Gasteiger partial charge in [0.25, 0.3) is 0 Å². The molecule has 1 aromatic carbocycles. The van der Waals surface area contributed by atoms with Gasteiger partial charge in [-0.2, -0.15) is 0 Å². The summed E-state index contributed by atoms with van der Waals surface area (Å²) >= 11 is 0. The molecule has 22 heavy (non-hydrogen) atoms. The molecule has 0 saturated carbocycles. The van der Waals surface area contributed by atoms with Gasteiger partial charge in [0.05, 0.1) is 20.8 Å². The summed E-state index contributed by atoms with van der Waals surface area (Å²) in [6, 6.07) is 11.1. The molecule has 0 fully saturated rings. The lowest BCUT2D eigenvalue weighted by molar-refractivity contribution is 0.397. The highest BCUT2D eigenvalue weighted by atomic mass is 127. The van der Waals surface area contributed by atoms with Crippen LogP contribution in [0.1, 0.15) is 5.56 Å². The van der Waals surface area contributed by atoms with E-state index in [0.29, 0.717) is 18.4 Å². The molecule has 2 rings (SSSR count). The number of rotatable bonds is 5. The maximum Gasteiger partial charge on any atom is 0.212 e. The lowest BCUT2D eigenvalue weighted by Crippen LogP contribution is -2.22. The van der Waals surface area contributed by atoms with Crippen molar-refractivity contribution in [1.82, 2.24) is 4.98 Å². The number of nitrogens with two attached hydrogens (primary N) is 1. The van der Waals surface area contributed by atoms with E-state index in [4.69, 9.17) is 15.2 Å². The van der Waals surface area contributed by atoms with Crippen molar-refractivity contribution in [2.75, 3.05) is 19.5 Å². The molecule has 0 atom stereocenters. The Balaban J connectivity index is 0.00000242. The number of pyridine rings is 1. The molecule has 7 heteroatoms. The summed E-state index contributed by atoms with van der Waals surface area (Å²) in [5, 5.41) is 3.01. The Morgan fingerprint density at radius 2 is 1.86 bits per heavy atom. The topological polar surface area (TPSA) is 81.8 Å². The first-order valence-corrected chi connectivity index (χ1v) is 6.41. The van der Waals surface area contributed by atoms with Gasteiger partial charge in [0, 0.05) is 18.0 Å². The first-order valence-electron chi connectivity index (χ1n) is 6.41. The van der Waals surface area contributed by atoms with Crippen molar-refractivity contribution in [3.05, 3.63) is 48.2 Å². The van der Waals surface area contributed by atoms with Crippen molar-refractivity contribution >= 4 is 35.6 Å². The Labute approximate surface area is 146 Å². The Morgan fingerprint density at radius 3 is 2.41 bits per heavy atom. The molecule has 0 aliphatic carbocycles. The van der Waals surface area contributed by atoms with Crippen LogP contribution in [0, 0.1) is 0 Å². The van der Waals surface area contributed by atoms with Crippen LogP contribution in [0.4, 0.5) is 5.69 Å². The zero-order valence-corrected chi connectivity index (χ0v) is 14.8. The number of hydrogen-bond donors (Lipinski definition) is 2. The fourth-order valence-electron chi connectivity index (χ4n) is 1.66. The van der Waals surface area contributed by atoms with Crippen molar-refractivity contribution in [2.24, 2.45) is 10.7 Å². The highest BCUT2D eigenvalue weighted by Gasteiger charge is 1.98. The highest BCUT2D eigenvalue weighted by molar-refractivity contribution is 14.0. The Kier molecular flexibility index (Phi) is 7.44. The molecule has 0 amide bonds. The summed E-state index contributed by atoms with van der Waals surface area (Å²) in [6.45, 7) is 0.450. The zero-order chi connectivity index (χ0) is 15.1. The number of nitrogens with one attached hydrogen (secondary N) is 1. The Hall–Kier alpha value is -2.03. The van der Waals surface area contributed by atoms with Crippen LogP contribution in [-0.2, 0) is 6.54 Å². The van der Waals surface area contributed by atoms with E-state index in [1.54, 1.807) is 26.5 Å². The number of guanidine groups is 1. The molecule has 3 N–H and O–H groups in total. The molecular weight excluding hydrogens is 395 g/mol. The van der Waals surface area contributed by atoms with Gasteiger partial charge in [-0.3, -0.25) is 0 Å². The number of nitrogens with zero attached hydrogens (tertiary/aromatic N) is 2. The molecule has 0 radical (unpaired) electrons. The van der Waals surface area contributed by atoms with Gasteiger partial charge in [-0.1, -0.05) is 6.07 Å². The summed E-state index contributed by atoms with van der Waals surface area (Å²) < 4.78 is 10.1. The number of halogens is 1. The molecule has 1 aromatic heterocycles. The van der Waals surface area contributed by atoms with E-state index in [1.165, 1.54) is 0 Å². The van der Waals surface area contributed by atoms with Gasteiger partial charge in [-0.05, 0) is 29.8 Å². The molecule has 6 nitrogen and oxygen atoms in total. The summed E-state index contributed by atoms with van der Waals surface area (Å²) in [7, 11) is 3.21. The van der Waals surface area contributed by atoms with E-state index < -0.39 is 0 Å². The van der Waals surface area contributed by atoms with Crippen LogP contribution >= 0.6 is 24.0 Å². The average molecular weight is 414 g/mol. The predicted octanol–water partition coefficient (Wildman–Crippen LogP) is 2.64. The largest absolute Gasteiger partial charge is 0.497 e. The van der Waals surface area contributed by atoms with Crippen LogP contribution in [-0.4, -0.2) is 25.2 Å². The van der Waals surface area contributed by atoms with E-state index in [1.807, 2.05) is 30.3 Å². The molecule has 0 aliphatic heterocycles. The second-order valence-corrected chi connectivity index (χ2v) is 4.26. The number of aliphatic imine (C=N–C) groups is 1. The fourth-order valence-corrected chi connectivity index (χ4v) is 1.66. The summed E-state index contributed by atoms with van der Waals surface area (Å²) in [5.41, 5.74) is 7.65. The maximum absolute atomic E-state index is 5.84. The number of hydrogen-bond acceptors (Lipinski definition) is 4. The Bertz CT molecular complexity index is 600. The van der Waals surface area contributed by atoms with E-state index in [-0.39, 0.29) is 24.0 Å². The van der Waals surface area contributed by atoms with Gasteiger partial charge in [-0.25, -0.2) is 9.98 Å². The summed E-state index contributed by atoms with van der Waals surface area (Å²) in [4.78, 5) is 8.37. The van der Waals surface area contributed by atoms with Gasteiger partial charge >= 0.3 is 0 Å².